The van der Waals surface area contributed by atoms with E-state index < -0.39 is 29.2 Å². The van der Waals surface area contributed by atoms with Crippen LogP contribution in [0.4, 0.5) is 15.8 Å². The van der Waals surface area contributed by atoms with Gasteiger partial charge >= 0.3 is 0 Å². The molecule has 0 radical (unpaired) electrons. The predicted molar refractivity (Wildman–Crippen MR) is 167 cm³/mol. The van der Waals surface area contributed by atoms with Crippen molar-refractivity contribution in [3.8, 4) is 11.5 Å². The first kappa shape index (κ1) is 30.6. The van der Waals surface area contributed by atoms with Crippen molar-refractivity contribution in [3.05, 3.63) is 81.6 Å². The van der Waals surface area contributed by atoms with Gasteiger partial charge in [-0.1, -0.05) is 62.2 Å². The topological polar surface area (TPSA) is 91.3 Å². The van der Waals surface area contributed by atoms with E-state index in [1.165, 1.54) is 13.2 Å². The summed E-state index contributed by atoms with van der Waals surface area (Å²) in [6.45, 7) is 6.37. The number of aliphatic hydroxyl groups is 1. The Labute approximate surface area is 265 Å². The molecule has 3 heterocycles. The molecule has 3 aromatic rings. The molecule has 2 saturated heterocycles. The number of halogens is 3. The van der Waals surface area contributed by atoms with Crippen LogP contribution in [-0.4, -0.2) is 60.9 Å². The average molecular weight is 643 g/mol. The molecule has 0 bridgehead atoms. The van der Waals surface area contributed by atoms with Crippen molar-refractivity contribution in [2.24, 2.45) is 5.41 Å². The zero-order valence-electron chi connectivity index (χ0n) is 24.9. The Kier molecular flexibility index (Phi) is 7.81. The van der Waals surface area contributed by atoms with Gasteiger partial charge in [-0.05, 0) is 53.3 Å². The number of nitrogens with zero attached hydrogens (tertiary/aromatic N) is 2. The molecule has 3 aromatic carbocycles. The minimum Gasteiger partial charge on any atom is -0.494 e. The Bertz CT molecular complexity index is 1650. The van der Waals surface area contributed by atoms with Crippen molar-refractivity contribution in [1.29, 1.82) is 0 Å². The largest absolute Gasteiger partial charge is 0.494 e. The second-order valence-electron chi connectivity index (χ2n) is 12.7. The second kappa shape index (κ2) is 11.2. The van der Waals surface area contributed by atoms with Crippen LogP contribution in [0.25, 0.3) is 0 Å². The van der Waals surface area contributed by atoms with Crippen molar-refractivity contribution < 1.29 is 28.6 Å². The lowest BCUT2D eigenvalue weighted by Crippen LogP contribution is -2.52. The molecule has 6 rings (SSSR count). The molecule has 2 fully saturated rings. The number of amides is 2. The summed E-state index contributed by atoms with van der Waals surface area (Å²) in [6.07, 6.45) is 0.532. The van der Waals surface area contributed by atoms with Gasteiger partial charge in [0.2, 0.25) is 11.8 Å². The molecule has 44 heavy (non-hydrogen) atoms. The van der Waals surface area contributed by atoms with Gasteiger partial charge in [0.05, 0.1) is 37.1 Å². The molecule has 232 valence electrons. The van der Waals surface area contributed by atoms with E-state index >= 15 is 4.39 Å². The number of nitrogens with one attached hydrogen (secondary N) is 1. The van der Waals surface area contributed by atoms with Crippen molar-refractivity contribution in [1.82, 2.24) is 4.90 Å². The summed E-state index contributed by atoms with van der Waals surface area (Å²) in [5.41, 5.74) is 0.384. The van der Waals surface area contributed by atoms with E-state index in [-0.39, 0.29) is 47.7 Å². The number of benzene rings is 3. The van der Waals surface area contributed by atoms with E-state index in [0.717, 1.165) is 0 Å². The number of carbonyl (C=O) groups excluding carboxylic acids is 2. The number of anilines is 2. The maximum Gasteiger partial charge on any atom is 0.246 e. The van der Waals surface area contributed by atoms with E-state index in [9.17, 15) is 9.59 Å². The van der Waals surface area contributed by atoms with Crippen LogP contribution in [0.3, 0.4) is 0 Å². The summed E-state index contributed by atoms with van der Waals surface area (Å²) < 4.78 is 27.3. The van der Waals surface area contributed by atoms with Crippen molar-refractivity contribution in [3.63, 3.8) is 0 Å². The molecule has 0 aliphatic carbocycles. The Morgan fingerprint density at radius 1 is 1.11 bits per heavy atom. The van der Waals surface area contributed by atoms with Crippen LogP contribution in [0.2, 0.25) is 10.0 Å². The lowest BCUT2D eigenvalue weighted by atomic mass is 9.62. The van der Waals surface area contributed by atoms with Gasteiger partial charge in [0.1, 0.15) is 29.3 Å². The zero-order valence-corrected chi connectivity index (χ0v) is 26.4. The third-order valence-electron chi connectivity index (χ3n) is 8.89. The van der Waals surface area contributed by atoms with E-state index in [0.29, 0.717) is 39.9 Å². The van der Waals surface area contributed by atoms with Crippen LogP contribution in [-0.2, 0) is 15.0 Å². The highest BCUT2D eigenvalue weighted by atomic mass is 35.5. The van der Waals surface area contributed by atoms with Gasteiger partial charge < -0.3 is 19.9 Å². The number of ether oxygens (including phenoxy) is 2. The number of fused-ring (bicyclic) bond motifs is 3. The number of methoxy groups -OCH3 is 1. The lowest BCUT2D eigenvalue weighted by Gasteiger charge is -2.40. The third-order valence-corrected chi connectivity index (χ3v) is 9.42. The van der Waals surface area contributed by atoms with Gasteiger partial charge in [-0.3, -0.25) is 19.4 Å². The van der Waals surface area contributed by atoms with Crippen LogP contribution < -0.4 is 19.7 Å². The predicted octanol–water partition coefficient (Wildman–Crippen LogP) is 5.98. The number of hydrogen-bond donors (Lipinski definition) is 2. The van der Waals surface area contributed by atoms with Crippen LogP contribution in [0.1, 0.15) is 44.2 Å². The van der Waals surface area contributed by atoms with Crippen LogP contribution in [0, 0.1) is 11.2 Å². The minimum absolute atomic E-state index is 0.0827. The fourth-order valence-electron chi connectivity index (χ4n) is 7.30. The maximum absolute atomic E-state index is 16.1. The summed E-state index contributed by atoms with van der Waals surface area (Å²) in [4.78, 5) is 32.8. The Morgan fingerprint density at radius 2 is 1.89 bits per heavy atom. The smallest absolute Gasteiger partial charge is 0.246 e. The first-order valence-electron chi connectivity index (χ1n) is 14.5. The van der Waals surface area contributed by atoms with Crippen molar-refractivity contribution >= 4 is 46.4 Å². The molecule has 3 aliphatic heterocycles. The summed E-state index contributed by atoms with van der Waals surface area (Å²) >= 11 is 12.7. The van der Waals surface area contributed by atoms with Gasteiger partial charge in [-0.25, -0.2) is 4.39 Å². The molecule has 8 nitrogen and oxygen atoms in total. The molecule has 11 heteroatoms. The van der Waals surface area contributed by atoms with Gasteiger partial charge in [0, 0.05) is 28.7 Å². The molecule has 1 spiro atoms. The average Bonchev–Trinajstić information content (AvgIpc) is 3.55. The normalized spacial score (nSPS) is 24.5. The summed E-state index contributed by atoms with van der Waals surface area (Å²) in [7, 11) is 1.50. The van der Waals surface area contributed by atoms with E-state index in [4.69, 9.17) is 37.8 Å². The summed E-state index contributed by atoms with van der Waals surface area (Å²) in [5.74, 6) is -1.27. The molecule has 2 N–H and O–H groups in total. The summed E-state index contributed by atoms with van der Waals surface area (Å²) in [6, 6.07) is 13.7. The first-order chi connectivity index (χ1) is 20.9. The van der Waals surface area contributed by atoms with Gasteiger partial charge in [-0.2, -0.15) is 0 Å². The second-order valence-corrected chi connectivity index (χ2v) is 13.5. The SMILES string of the molecule is COc1cc(OCCO)ccc1N1CN2[C@@H](CC(C)(C)C)[C@@]3(C(=O)Nc4cc(Cl)ccc43)[C@@H](c3cccc(Cl)c3F)[C@@H]2C1=O. The Hall–Kier alpha value is -3.37. The number of aliphatic hydroxyl groups excluding tert-OH is 1. The zero-order chi connectivity index (χ0) is 31.6. The Balaban J connectivity index is 1.56. The lowest BCUT2D eigenvalue weighted by molar-refractivity contribution is -0.122. The molecule has 3 aliphatic rings. The number of rotatable bonds is 7. The van der Waals surface area contributed by atoms with E-state index in [1.54, 1.807) is 47.4 Å². The fraction of sp³-hybridized carbons (Fsp3) is 0.394. The highest BCUT2D eigenvalue weighted by molar-refractivity contribution is 6.31. The maximum atomic E-state index is 16.1. The van der Waals surface area contributed by atoms with Gasteiger partial charge in [-0.15, -0.1) is 0 Å². The monoisotopic (exact) mass is 641 g/mol. The van der Waals surface area contributed by atoms with Gasteiger partial charge in [0.15, 0.2) is 0 Å². The quantitative estimate of drug-likeness (QED) is 0.330. The van der Waals surface area contributed by atoms with Crippen LogP contribution in [0.5, 0.6) is 11.5 Å². The molecule has 2 amide bonds. The van der Waals surface area contributed by atoms with Crippen molar-refractivity contribution in [2.75, 3.05) is 37.2 Å². The minimum atomic E-state index is -1.31. The van der Waals surface area contributed by atoms with E-state index in [1.807, 2.05) is 11.0 Å². The highest BCUT2D eigenvalue weighted by Crippen LogP contribution is 2.62. The molecule has 0 saturated carbocycles. The highest BCUT2D eigenvalue weighted by Gasteiger charge is 2.71. The first-order valence-corrected chi connectivity index (χ1v) is 15.2. The molecule has 0 unspecified atom stereocenters. The standard InChI is InChI=1S/C33H34Cl2FN3O5/c1-32(2,3)16-26-33(21-10-8-18(34)14-23(21)37-31(33)42)27(20-6-5-7-22(35)28(20)36)29-30(41)38(17-39(26)29)24-11-9-19(44-13-12-40)15-25(24)43-4/h5-11,14-15,26-27,29,40H,12-13,16-17H2,1-4H3,(H,37,42)/t26-,27-,29+,33+/m0/s1. The molecular weight excluding hydrogens is 608 g/mol. The number of carbonyl (C=O) groups is 2. The Morgan fingerprint density at radius 3 is 2.59 bits per heavy atom. The number of hydrogen-bond acceptors (Lipinski definition) is 6. The fourth-order valence-corrected chi connectivity index (χ4v) is 7.65. The van der Waals surface area contributed by atoms with Crippen molar-refractivity contribution in [2.45, 2.75) is 50.6 Å². The van der Waals surface area contributed by atoms with Crippen LogP contribution >= 0.6 is 23.2 Å². The molecule has 0 aromatic heterocycles. The molecule has 4 atom stereocenters. The van der Waals surface area contributed by atoms with Gasteiger partial charge in [0.25, 0.3) is 0 Å². The van der Waals surface area contributed by atoms with Crippen LogP contribution in [0.15, 0.2) is 54.6 Å². The molecular formula is C33H34Cl2FN3O5. The summed E-state index contributed by atoms with van der Waals surface area (Å²) in [5, 5.41) is 12.6. The van der Waals surface area contributed by atoms with E-state index in [2.05, 4.69) is 26.1 Å². The third kappa shape index (κ3) is 4.72.